The van der Waals surface area contributed by atoms with Gasteiger partial charge in [0.25, 0.3) is 0 Å². The van der Waals surface area contributed by atoms with E-state index >= 15 is 0 Å². The fourth-order valence-electron chi connectivity index (χ4n) is 5.18. The predicted molar refractivity (Wildman–Crippen MR) is 138 cm³/mol. The van der Waals surface area contributed by atoms with Gasteiger partial charge in [0, 0.05) is 5.70 Å². The highest BCUT2D eigenvalue weighted by atomic mass is 32.2. The Morgan fingerprint density at radius 1 is 1.14 bits per heavy atom. The van der Waals surface area contributed by atoms with E-state index < -0.39 is 12.0 Å². The van der Waals surface area contributed by atoms with E-state index in [9.17, 15) is 9.59 Å². The molecule has 3 aliphatic rings. The summed E-state index contributed by atoms with van der Waals surface area (Å²) in [5, 5.41) is 6.03. The van der Waals surface area contributed by atoms with Crippen molar-refractivity contribution < 1.29 is 14.3 Å². The largest absolute Gasteiger partial charge is 0.466 e. The minimum Gasteiger partial charge on any atom is -0.466 e. The van der Waals surface area contributed by atoms with Crippen molar-refractivity contribution in [2.24, 2.45) is 4.99 Å². The molecule has 2 heterocycles. The van der Waals surface area contributed by atoms with Gasteiger partial charge in [0.05, 0.1) is 36.9 Å². The number of rotatable bonds is 6. The molecule has 0 unspecified atom stereocenters. The van der Waals surface area contributed by atoms with Crippen LogP contribution in [0.2, 0.25) is 0 Å². The number of aryl methyl sites for hydroxylation is 1. The average Bonchev–Trinajstić information content (AvgIpc) is 3.29. The summed E-state index contributed by atoms with van der Waals surface area (Å²) in [4.78, 5) is 33.0. The number of aliphatic imine (C=N–C) groups is 1. The fraction of sp³-hybridized carbons (Fsp3) is 0.321. The standard InChI is InChI=1S/C28H29N3O3S/c1-3-22-25(27(33)34-2)26(19-11-5-4-6-12-19)31-20(17-35-28(31)30-22)16-24(32)29-23-15-9-13-18-10-7-8-14-21(18)23/h4-8,10-12,14,17,23,26H,3,9,13,15-16H2,1-2H3,(H,29,32)/t23-,26+/m1/s1. The number of nitrogens with one attached hydrogen (secondary N) is 1. The zero-order valence-electron chi connectivity index (χ0n) is 20.0. The number of amidine groups is 1. The molecule has 0 aromatic heterocycles. The Balaban J connectivity index is 1.42. The predicted octanol–water partition coefficient (Wildman–Crippen LogP) is 5.41. The quantitative estimate of drug-likeness (QED) is 0.552. The third-order valence-electron chi connectivity index (χ3n) is 6.79. The van der Waals surface area contributed by atoms with Crippen LogP contribution in [0.1, 0.15) is 61.4 Å². The zero-order valence-corrected chi connectivity index (χ0v) is 20.8. The molecule has 0 saturated heterocycles. The van der Waals surface area contributed by atoms with E-state index in [0.29, 0.717) is 12.0 Å². The maximum atomic E-state index is 13.3. The van der Waals surface area contributed by atoms with E-state index in [1.165, 1.54) is 30.0 Å². The third-order valence-corrected chi connectivity index (χ3v) is 7.68. The molecule has 180 valence electrons. The summed E-state index contributed by atoms with van der Waals surface area (Å²) in [7, 11) is 1.40. The molecular weight excluding hydrogens is 458 g/mol. The van der Waals surface area contributed by atoms with Gasteiger partial charge >= 0.3 is 5.97 Å². The van der Waals surface area contributed by atoms with Gasteiger partial charge in [-0.1, -0.05) is 73.3 Å². The Kier molecular flexibility index (Phi) is 6.77. The Labute approximate surface area is 210 Å². The van der Waals surface area contributed by atoms with E-state index in [4.69, 9.17) is 9.73 Å². The van der Waals surface area contributed by atoms with Gasteiger partial charge in [-0.2, -0.15) is 0 Å². The molecule has 2 aromatic rings. The highest BCUT2D eigenvalue weighted by Gasteiger charge is 2.41. The van der Waals surface area contributed by atoms with Crippen molar-refractivity contribution in [1.82, 2.24) is 10.2 Å². The van der Waals surface area contributed by atoms with Crippen molar-refractivity contribution in [2.75, 3.05) is 7.11 Å². The molecule has 2 aliphatic heterocycles. The first-order valence-electron chi connectivity index (χ1n) is 12.1. The molecule has 0 bridgehead atoms. The molecule has 0 spiro atoms. The number of carbonyl (C=O) groups is 2. The van der Waals surface area contributed by atoms with Crippen LogP contribution in [0.3, 0.4) is 0 Å². The van der Waals surface area contributed by atoms with Crippen LogP contribution in [0.4, 0.5) is 0 Å². The van der Waals surface area contributed by atoms with Crippen LogP contribution < -0.4 is 5.32 Å². The monoisotopic (exact) mass is 487 g/mol. The van der Waals surface area contributed by atoms with E-state index in [1.54, 1.807) is 0 Å². The molecular formula is C28H29N3O3S. The Bertz CT molecular complexity index is 1240. The van der Waals surface area contributed by atoms with E-state index in [1.807, 2.05) is 53.6 Å². The molecule has 5 rings (SSSR count). The number of nitrogens with zero attached hydrogens (tertiary/aromatic N) is 2. The number of amides is 1. The fourth-order valence-corrected chi connectivity index (χ4v) is 6.11. The van der Waals surface area contributed by atoms with Crippen LogP contribution in [0.25, 0.3) is 0 Å². The smallest absolute Gasteiger partial charge is 0.338 e. The van der Waals surface area contributed by atoms with Crippen LogP contribution in [-0.2, 0) is 20.7 Å². The summed E-state index contributed by atoms with van der Waals surface area (Å²) in [5.41, 5.74) is 5.58. The summed E-state index contributed by atoms with van der Waals surface area (Å²) in [6, 6.07) is 17.9. The second-order valence-corrected chi connectivity index (χ2v) is 9.73. The number of thioether (sulfide) groups is 1. The Hall–Kier alpha value is -3.32. The van der Waals surface area contributed by atoms with Crippen molar-refractivity contribution in [1.29, 1.82) is 0 Å². The van der Waals surface area contributed by atoms with Crippen molar-refractivity contribution in [3.8, 4) is 0 Å². The highest BCUT2D eigenvalue weighted by Crippen LogP contribution is 2.45. The summed E-state index contributed by atoms with van der Waals surface area (Å²) in [6.45, 7) is 1.99. The average molecular weight is 488 g/mol. The topological polar surface area (TPSA) is 71.0 Å². The minimum absolute atomic E-state index is 0.0266. The second-order valence-electron chi connectivity index (χ2n) is 8.90. The van der Waals surface area contributed by atoms with Crippen molar-refractivity contribution in [3.05, 3.63) is 93.7 Å². The molecule has 2 atom stereocenters. The van der Waals surface area contributed by atoms with Crippen molar-refractivity contribution in [2.45, 2.75) is 51.1 Å². The van der Waals surface area contributed by atoms with Crippen molar-refractivity contribution in [3.63, 3.8) is 0 Å². The maximum Gasteiger partial charge on any atom is 0.338 e. The number of hydrogen-bond acceptors (Lipinski definition) is 6. The van der Waals surface area contributed by atoms with Gasteiger partial charge in [-0.05, 0) is 47.8 Å². The number of hydrogen-bond donors (Lipinski definition) is 1. The molecule has 7 heteroatoms. The van der Waals surface area contributed by atoms with Crippen LogP contribution in [0.15, 0.2) is 82.0 Å². The summed E-state index contributed by atoms with van der Waals surface area (Å²) >= 11 is 1.50. The first-order valence-corrected chi connectivity index (χ1v) is 13.0. The highest BCUT2D eigenvalue weighted by molar-refractivity contribution is 8.16. The Morgan fingerprint density at radius 2 is 1.91 bits per heavy atom. The summed E-state index contributed by atoms with van der Waals surface area (Å²) in [6.07, 6.45) is 3.88. The third kappa shape index (κ3) is 4.52. The van der Waals surface area contributed by atoms with Gasteiger partial charge in [-0.15, -0.1) is 0 Å². The van der Waals surface area contributed by atoms with Gasteiger partial charge in [0.1, 0.15) is 0 Å². The lowest BCUT2D eigenvalue weighted by atomic mass is 9.87. The number of fused-ring (bicyclic) bond motifs is 2. The minimum atomic E-state index is -0.393. The van der Waals surface area contributed by atoms with Crippen molar-refractivity contribution >= 4 is 28.8 Å². The molecule has 0 fully saturated rings. The number of carbonyl (C=O) groups excluding carboxylic acids is 2. The van der Waals surface area contributed by atoms with Crippen LogP contribution in [0.5, 0.6) is 0 Å². The normalized spacial score (nSPS) is 21.0. The molecule has 35 heavy (non-hydrogen) atoms. The van der Waals surface area contributed by atoms with Gasteiger partial charge in [-0.25, -0.2) is 9.79 Å². The van der Waals surface area contributed by atoms with Crippen LogP contribution >= 0.6 is 11.8 Å². The molecule has 0 radical (unpaired) electrons. The van der Waals surface area contributed by atoms with E-state index in [-0.39, 0.29) is 18.4 Å². The number of methoxy groups -OCH3 is 1. The van der Waals surface area contributed by atoms with Crippen LogP contribution in [-0.4, -0.2) is 29.1 Å². The molecule has 0 saturated carbocycles. The van der Waals surface area contributed by atoms with Gasteiger partial charge in [0.15, 0.2) is 5.17 Å². The first kappa shape index (κ1) is 23.4. The first-order chi connectivity index (χ1) is 17.1. The SMILES string of the molecule is CCC1=C(C(=O)OC)[C@H](c2ccccc2)N2C(CC(=O)N[C@@H]3CCCc4ccccc43)=CSC2=N1. The maximum absolute atomic E-state index is 13.3. The van der Waals surface area contributed by atoms with Gasteiger partial charge in [0.2, 0.25) is 5.91 Å². The molecule has 1 N–H and O–H groups in total. The summed E-state index contributed by atoms with van der Waals surface area (Å²) < 4.78 is 5.17. The van der Waals surface area contributed by atoms with Gasteiger partial charge in [-0.3, -0.25) is 4.79 Å². The number of esters is 1. The molecule has 1 aliphatic carbocycles. The number of allylic oxidation sites excluding steroid dienone is 1. The number of ether oxygens (including phenoxy) is 1. The summed E-state index contributed by atoms with van der Waals surface area (Å²) in [5.74, 6) is -0.422. The lowest BCUT2D eigenvalue weighted by Gasteiger charge is -2.36. The second kappa shape index (κ2) is 10.1. The van der Waals surface area contributed by atoms with Gasteiger partial charge < -0.3 is 15.0 Å². The number of benzene rings is 2. The molecule has 6 nitrogen and oxygen atoms in total. The lowest BCUT2D eigenvalue weighted by Crippen LogP contribution is -2.38. The van der Waals surface area contributed by atoms with E-state index in [0.717, 1.165) is 41.4 Å². The zero-order chi connectivity index (χ0) is 24.4. The van der Waals surface area contributed by atoms with E-state index in [2.05, 4.69) is 23.5 Å². The molecule has 2 aromatic carbocycles. The lowest BCUT2D eigenvalue weighted by molar-refractivity contribution is -0.136. The Morgan fingerprint density at radius 3 is 2.69 bits per heavy atom. The molecule has 1 amide bonds. The van der Waals surface area contributed by atoms with Crippen LogP contribution in [0, 0.1) is 0 Å².